The van der Waals surface area contributed by atoms with Crippen LogP contribution in [0.15, 0.2) is 42.5 Å². The monoisotopic (exact) mass is 290 g/mol. The summed E-state index contributed by atoms with van der Waals surface area (Å²) in [4.78, 5) is 12.1. The van der Waals surface area contributed by atoms with Crippen molar-refractivity contribution in [2.24, 2.45) is 0 Å². The van der Waals surface area contributed by atoms with E-state index in [0.29, 0.717) is 28.6 Å². The molecule has 0 saturated carbocycles. The highest BCUT2D eigenvalue weighted by Crippen LogP contribution is 2.22. The van der Waals surface area contributed by atoms with Gasteiger partial charge in [-0.15, -0.1) is 0 Å². The third-order valence-corrected chi connectivity index (χ3v) is 3.07. The van der Waals surface area contributed by atoms with Crippen molar-refractivity contribution >= 4 is 23.2 Å². The molecule has 0 radical (unpaired) electrons. The van der Waals surface area contributed by atoms with E-state index in [0.717, 1.165) is 5.56 Å². The van der Waals surface area contributed by atoms with Crippen molar-refractivity contribution in [1.29, 1.82) is 0 Å². The van der Waals surface area contributed by atoms with Crippen molar-refractivity contribution < 1.29 is 9.53 Å². The van der Waals surface area contributed by atoms with Crippen LogP contribution in [0.5, 0.6) is 5.75 Å². The maximum atomic E-state index is 12.1. The fourth-order valence-electron chi connectivity index (χ4n) is 1.77. The van der Waals surface area contributed by atoms with Crippen LogP contribution in [0.1, 0.15) is 15.9 Å². The average Bonchev–Trinajstić information content (AvgIpc) is 2.46. The lowest BCUT2D eigenvalue weighted by Gasteiger charge is -2.10. The number of nitrogens with one attached hydrogen (secondary N) is 1. The minimum Gasteiger partial charge on any atom is -0.496 e. The second-order valence-corrected chi connectivity index (χ2v) is 4.71. The lowest BCUT2D eigenvalue weighted by molar-refractivity contribution is 0.0948. The Labute approximate surface area is 122 Å². The van der Waals surface area contributed by atoms with E-state index in [9.17, 15) is 4.79 Å². The molecule has 0 saturated heterocycles. The first-order chi connectivity index (χ1) is 9.60. The Balaban J connectivity index is 2.08. The van der Waals surface area contributed by atoms with Gasteiger partial charge in [0.2, 0.25) is 0 Å². The summed E-state index contributed by atoms with van der Waals surface area (Å²) >= 11 is 5.90. The van der Waals surface area contributed by atoms with Gasteiger partial charge in [-0.1, -0.05) is 23.7 Å². The second kappa shape index (κ2) is 6.30. The van der Waals surface area contributed by atoms with Crippen LogP contribution in [0.4, 0.5) is 5.69 Å². The Hall–Kier alpha value is -2.20. The minimum atomic E-state index is -0.235. The number of carbonyl (C=O) groups excluding carboxylic acids is 1. The Morgan fingerprint density at radius 1 is 1.25 bits per heavy atom. The molecule has 0 aliphatic rings. The van der Waals surface area contributed by atoms with Gasteiger partial charge in [0.1, 0.15) is 5.75 Å². The van der Waals surface area contributed by atoms with Gasteiger partial charge < -0.3 is 15.8 Å². The van der Waals surface area contributed by atoms with E-state index in [-0.39, 0.29) is 5.91 Å². The number of amides is 1. The van der Waals surface area contributed by atoms with Gasteiger partial charge in [0, 0.05) is 17.3 Å². The van der Waals surface area contributed by atoms with Crippen LogP contribution >= 0.6 is 11.6 Å². The predicted molar refractivity (Wildman–Crippen MR) is 80.0 cm³/mol. The molecule has 0 aromatic heterocycles. The van der Waals surface area contributed by atoms with Gasteiger partial charge in [-0.25, -0.2) is 0 Å². The smallest absolute Gasteiger partial charge is 0.255 e. The standard InChI is InChI=1S/C15H15ClN2O2/c1-20-14-7-4-11(16)8-13(14)15(19)18-9-10-2-5-12(17)6-3-10/h2-8H,9,17H2,1H3,(H,18,19). The number of carbonyl (C=O) groups is 1. The van der Waals surface area contributed by atoms with Crippen LogP contribution in [0.25, 0.3) is 0 Å². The van der Waals surface area contributed by atoms with Crippen LogP contribution in [-0.2, 0) is 6.54 Å². The number of hydrogen-bond acceptors (Lipinski definition) is 3. The van der Waals surface area contributed by atoms with Gasteiger partial charge in [-0.3, -0.25) is 4.79 Å². The third-order valence-electron chi connectivity index (χ3n) is 2.84. The molecule has 0 fully saturated rings. The van der Waals surface area contributed by atoms with E-state index in [1.807, 2.05) is 12.1 Å². The van der Waals surface area contributed by atoms with Crippen LogP contribution < -0.4 is 15.8 Å². The molecule has 1 amide bonds. The highest BCUT2D eigenvalue weighted by atomic mass is 35.5. The molecule has 0 bridgehead atoms. The molecule has 2 rings (SSSR count). The topological polar surface area (TPSA) is 64.3 Å². The fraction of sp³-hybridized carbons (Fsp3) is 0.133. The molecule has 2 aromatic rings. The van der Waals surface area contributed by atoms with Crippen molar-refractivity contribution in [3.05, 3.63) is 58.6 Å². The fourth-order valence-corrected chi connectivity index (χ4v) is 1.94. The summed E-state index contributed by atoms with van der Waals surface area (Å²) in [5.74, 6) is 0.255. The van der Waals surface area contributed by atoms with Crippen molar-refractivity contribution in [3.63, 3.8) is 0 Å². The zero-order valence-corrected chi connectivity index (χ0v) is 11.8. The van der Waals surface area contributed by atoms with E-state index in [4.69, 9.17) is 22.1 Å². The van der Waals surface area contributed by atoms with Gasteiger partial charge in [0.25, 0.3) is 5.91 Å². The van der Waals surface area contributed by atoms with Crippen molar-refractivity contribution in [2.45, 2.75) is 6.54 Å². The van der Waals surface area contributed by atoms with Crippen LogP contribution in [0, 0.1) is 0 Å². The number of halogens is 1. The summed E-state index contributed by atoms with van der Waals surface area (Å²) in [7, 11) is 1.51. The Morgan fingerprint density at radius 2 is 1.95 bits per heavy atom. The molecular formula is C15H15ClN2O2. The number of hydrogen-bond donors (Lipinski definition) is 2. The first-order valence-corrected chi connectivity index (χ1v) is 6.44. The number of benzene rings is 2. The number of rotatable bonds is 4. The highest BCUT2D eigenvalue weighted by molar-refractivity contribution is 6.31. The van der Waals surface area contributed by atoms with Gasteiger partial charge >= 0.3 is 0 Å². The van der Waals surface area contributed by atoms with Gasteiger partial charge in [-0.2, -0.15) is 0 Å². The number of ether oxygens (including phenoxy) is 1. The second-order valence-electron chi connectivity index (χ2n) is 4.27. The Bertz CT molecular complexity index is 612. The van der Waals surface area contributed by atoms with Crippen molar-refractivity contribution in [3.8, 4) is 5.75 Å². The molecule has 2 aromatic carbocycles. The zero-order valence-electron chi connectivity index (χ0n) is 11.0. The molecule has 3 N–H and O–H groups in total. The first-order valence-electron chi connectivity index (χ1n) is 6.06. The summed E-state index contributed by atoms with van der Waals surface area (Å²) < 4.78 is 5.15. The van der Waals surface area contributed by atoms with Crippen LogP contribution in [0.2, 0.25) is 5.02 Å². The molecule has 0 aliphatic heterocycles. The predicted octanol–water partition coefficient (Wildman–Crippen LogP) is 2.86. The number of nitrogens with two attached hydrogens (primary N) is 1. The number of nitrogen functional groups attached to an aromatic ring is 1. The van der Waals surface area contributed by atoms with Gasteiger partial charge in [-0.05, 0) is 35.9 Å². The van der Waals surface area contributed by atoms with Crippen molar-refractivity contribution in [2.75, 3.05) is 12.8 Å². The first kappa shape index (κ1) is 14.2. The summed E-state index contributed by atoms with van der Waals surface area (Å²) in [6.45, 7) is 0.411. The maximum Gasteiger partial charge on any atom is 0.255 e. The van der Waals surface area contributed by atoms with E-state index in [2.05, 4.69) is 5.32 Å². The molecule has 104 valence electrons. The largest absolute Gasteiger partial charge is 0.496 e. The normalized spacial score (nSPS) is 10.1. The molecule has 0 spiro atoms. The number of methoxy groups -OCH3 is 1. The van der Waals surface area contributed by atoms with Crippen LogP contribution in [-0.4, -0.2) is 13.0 Å². The minimum absolute atomic E-state index is 0.235. The van der Waals surface area contributed by atoms with Crippen molar-refractivity contribution in [1.82, 2.24) is 5.32 Å². The maximum absolute atomic E-state index is 12.1. The molecule has 5 heteroatoms. The van der Waals surface area contributed by atoms with E-state index >= 15 is 0 Å². The average molecular weight is 291 g/mol. The van der Waals surface area contributed by atoms with Crippen LogP contribution in [0.3, 0.4) is 0 Å². The molecule has 0 heterocycles. The molecule has 20 heavy (non-hydrogen) atoms. The van der Waals surface area contributed by atoms with E-state index in [1.54, 1.807) is 30.3 Å². The summed E-state index contributed by atoms with van der Waals surface area (Å²) in [6.07, 6.45) is 0. The van der Waals surface area contributed by atoms with Gasteiger partial charge in [0.05, 0.1) is 12.7 Å². The summed E-state index contributed by atoms with van der Waals surface area (Å²) in [6, 6.07) is 12.2. The SMILES string of the molecule is COc1ccc(Cl)cc1C(=O)NCc1ccc(N)cc1. The Kier molecular flexibility index (Phi) is 4.48. The molecule has 0 aliphatic carbocycles. The lowest BCUT2D eigenvalue weighted by atomic mass is 10.1. The number of anilines is 1. The lowest BCUT2D eigenvalue weighted by Crippen LogP contribution is -2.23. The molecule has 0 atom stereocenters. The summed E-state index contributed by atoms with van der Waals surface area (Å²) in [5, 5.41) is 3.31. The molecule has 4 nitrogen and oxygen atoms in total. The zero-order chi connectivity index (χ0) is 14.5. The highest BCUT2D eigenvalue weighted by Gasteiger charge is 2.12. The molecule has 0 unspecified atom stereocenters. The van der Waals surface area contributed by atoms with E-state index < -0.39 is 0 Å². The van der Waals surface area contributed by atoms with E-state index in [1.165, 1.54) is 7.11 Å². The Morgan fingerprint density at radius 3 is 2.60 bits per heavy atom. The third kappa shape index (κ3) is 3.42. The summed E-state index contributed by atoms with van der Waals surface area (Å²) in [5.41, 5.74) is 7.68. The quantitative estimate of drug-likeness (QED) is 0.851. The molecular weight excluding hydrogens is 276 g/mol. The van der Waals surface area contributed by atoms with Gasteiger partial charge in [0.15, 0.2) is 0 Å².